The molecule has 0 radical (unpaired) electrons. The average molecular weight is 381 g/mol. The van der Waals surface area contributed by atoms with E-state index in [9.17, 15) is 13.9 Å². The first-order valence-corrected chi connectivity index (χ1v) is 8.64. The van der Waals surface area contributed by atoms with E-state index in [1.807, 2.05) is 0 Å². The lowest BCUT2D eigenvalue weighted by atomic mass is 10.0. The van der Waals surface area contributed by atoms with Crippen molar-refractivity contribution < 1.29 is 13.9 Å². The Labute approximate surface area is 159 Å². The third-order valence-corrected chi connectivity index (χ3v) is 4.74. The number of aromatic nitrogens is 2. The fourth-order valence-electron chi connectivity index (χ4n) is 3.50. The summed E-state index contributed by atoms with van der Waals surface area (Å²) in [6, 6.07) is 8.01. The third kappa shape index (κ3) is 3.36. The molecule has 142 valence electrons. The van der Waals surface area contributed by atoms with E-state index in [-0.39, 0.29) is 40.3 Å². The van der Waals surface area contributed by atoms with E-state index in [1.54, 1.807) is 6.07 Å². The van der Waals surface area contributed by atoms with Gasteiger partial charge in [-0.05, 0) is 48.2 Å². The molecule has 4 rings (SSSR count). The van der Waals surface area contributed by atoms with Crippen LogP contribution < -0.4 is 11.1 Å². The highest BCUT2D eigenvalue weighted by Crippen LogP contribution is 2.28. The normalized spacial score (nSPS) is 15.3. The molecule has 0 saturated carbocycles. The maximum Gasteiger partial charge on any atom is 0.141 e. The molecule has 3 aromatic rings. The van der Waals surface area contributed by atoms with Crippen LogP contribution in [0, 0.1) is 17.0 Å². The van der Waals surface area contributed by atoms with Crippen LogP contribution in [0.1, 0.15) is 22.3 Å². The number of benzene rings is 2. The van der Waals surface area contributed by atoms with E-state index in [0.717, 1.165) is 23.3 Å². The summed E-state index contributed by atoms with van der Waals surface area (Å²) < 4.78 is 27.1. The summed E-state index contributed by atoms with van der Waals surface area (Å²) >= 11 is 0. The van der Waals surface area contributed by atoms with Crippen molar-refractivity contribution in [3.05, 3.63) is 76.6 Å². The highest BCUT2D eigenvalue weighted by molar-refractivity contribution is 6.16. The minimum Gasteiger partial charge on any atom is -0.508 e. The Balaban J connectivity index is 1.65. The molecular formula is C20H17F2N5O. The summed E-state index contributed by atoms with van der Waals surface area (Å²) in [5, 5.41) is 21.3. The second kappa shape index (κ2) is 6.88. The molecule has 1 atom stereocenters. The van der Waals surface area contributed by atoms with Gasteiger partial charge in [-0.3, -0.25) is 5.41 Å². The average Bonchev–Trinajstić information content (AvgIpc) is 3.02. The maximum atomic E-state index is 13.7. The Kier molecular flexibility index (Phi) is 4.38. The Bertz CT molecular complexity index is 1070. The number of halogens is 2. The quantitative estimate of drug-likeness (QED) is 0.520. The zero-order valence-corrected chi connectivity index (χ0v) is 14.7. The van der Waals surface area contributed by atoms with Gasteiger partial charge >= 0.3 is 0 Å². The number of phenolic OH excluding ortho intramolecular Hbond substituents is 1. The first-order chi connectivity index (χ1) is 13.4. The maximum absolute atomic E-state index is 13.7. The highest BCUT2D eigenvalue weighted by atomic mass is 19.1. The molecule has 1 aromatic heterocycles. The van der Waals surface area contributed by atoms with Crippen LogP contribution in [-0.4, -0.2) is 26.8 Å². The van der Waals surface area contributed by atoms with Crippen LogP contribution in [-0.2, 0) is 12.8 Å². The van der Waals surface area contributed by atoms with E-state index in [4.69, 9.17) is 11.1 Å². The van der Waals surface area contributed by atoms with E-state index < -0.39 is 5.82 Å². The molecule has 5 N–H and O–H groups in total. The topological polar surface area (TPSA) is 108 Å². The van der Waals surface area contributed by atoms with Crippen molar-refractivity contribution in [1.82, 2.24) is 9.97 Å². The molecular weight excluding hydrogens is 364 g/mol. The largest absolute Gasteiger partial charge is 0.508 e. The van der Waals surface area contributed by atoms with Crippen LogP contribution in [0.5, 0.6) is 5.75 Å². The molecule has 1 heterocycles. The van der Waals surface area contributed by atoms with Crippen molar-refractivity contribution >= 4 is 17.3 Å². The van der Waals surface area contributed by atoms with E-state index >= 15 is 0 Å². The zero-order valence-electron chi connectivity index (χ0n) is 14.7. The summed E-state index contributed by atoms with van der Waals surface area (Å²) in [6.07, 6.45) is 2.55. The van der Waals surface area contributed by atoms with Crippen LogP contribution in [0.3, 0.4) is 0 Å². The van der Waals surface area contributed by atoms with Crippen molar-refractivity contribution in [2.24, 2.45) is 0 Å². The van der Waals surface area contributed by atoms with Gasteiger partial charge in [-0.25, -0.2) is 18.7 Å². The number of hydrogen-bond acceptors (Lipinski definition) is 6. The lowest BCUT2D eigenvalue weighted by molar-refractivity contribution is 0.469. The van der Waals surface area contributed by atoms with Gasteiger partial charge in [0.1, 0.15) is 35.3 Å². The number of aromatic hydroxyl groups is 1. The number of nitrogens with two attached hydrogens (primary N) is 1. The summed E-state index contributed by atoms with van der Waals surface area (Å²) in [6.45, 7) is 0. The van der Waals surface area contributed by atoms with Crippen LogP contribution in [0.4, 0.5) is 20.4 Å². The molecule has 8 heteroatoms. The van der Waals surface area contributed by atoms with Gasteiger partial charge in [0.15, 0.2) is 0 Å². The monoisotopic (exact) mass is 381 g/mol. The van der Waals surface area contributed by atoms with Crippen molar-refractivity contribution in [1.29, 1.82) is 5.41 Å². The van der Waals surface area contributed by atoms with E-state index in [0.29, 0.717) is 18.7 Å². The Morgan fingerprint density at radius 3 is 2.64 bits per heavy atom. The molecule has 1 unspecified atom stereocenters. The molecule has 6 nitrogen and oxygen atoms in total. The Hall–Kier alpha value is -3.55. The van der Waals surface area contributed by atoms with Crippen LogP contribution in [0.2, 0.25) is 0 Å². The molecule has 1 aliphatic rings. The fraction of sp³-hybridized carbons (Fsp3) is 0.150. The first kappa shape index (κ1) is 17.8. The number of rotatable bonds is 4. The number of phenols is 1. The lowest BCUT2D eigenvalue weighted by Crippen LogP contribution is -2.23. The molecule has 0 saturated heterocycles. The van der Waals surface area contributed by atoms with Crippen molar-refractivity contribution in [3.8, 4) is 5.75 Å². The van der Waals surface area contributed by atoms with E-state index in [2.05, 4.69) is 15.3 Å². The number of hydrogen-bond donors (Lipinski definition) is 4. The molecule has 0 amide bonds. The molecule has 0 bridgehead atoms. The van der Waals surface area contributed by atoms with Crippen molar-refractivity contribution in [2.75, 3.05) is 11.1 Å². The number of nitrogens with zero attached hydrogens (tertiary/aromatic N) is 2. The molecule has 1 aliphatic carbocycles. The van der Waals surface area contributed by atoms with Gasteiger partial charge < -0.3 is 16.2 Å². The molecule has 0 spiro atoms. The zero-order chi connectivity index (χ0) is 19.8. The van der Waals surface area contributed by atoms with Crippen LogP contribution in [0.25, 0.3) is 0 Å². The Morgan fingerprint density at radius 1 is 1.07 bits per heavy atom. The summed E-state index contributed by atoms with van der Waals surface area (Å²) in [5.74, 6) is -0.845. The van der Waals surface area contributed by atoms with Crippen molar-refractivity contribution in [3.63, 3.8) is 0 Å². The highest BCUT2D eigenvalue weighted by Gasteiger charge is 2.25. The lowest BCUT2D eigenvalue weighted by Gasteiger charge is -2.17. The molecule has 28 heavy (non-hydrogen) atoms. The van der Waals surface area contributed by atoms with Gasteiger partial charge in [-0.1, -0.05) is 6.07 Å². The van der Waals surface area contributed by atoms with Gasteiger partial charge in [0.05, 0.1) is 11.3 Å². The SMILES string of the molecule is N=C(c1cc(O)cc(F)c1)c1c(N)ncnc1NC1Cc2ccc(F)cc2C1. The smallest absolute Gasteiger partial charge is 0.141 e. The summed E-state index contributed by atoms with van der Waals surface area (Å²) in [7, 11) is 0. The standard InChI is InChI=1S/C20H17F2N5O/c21-13-2-1-10-5-15(6-11(10)3-13)27-20-17(19(24)25-9-26-20)18(23)12-4-14(22)8-16(28)7-12/h1-4,7-9,15,23,28H,5-6H2,(H3,24,25,26,27). The van der Waals surface area contributed by atoms with Gasteiger partial charge in [0.25, 0.3) is 0 Å². The van der Waals surface area contributed by atoms with Gasteiger partial charge in [-0.15, -0.1) is 0 Å². The third-order valence-electron chi connectivity index (χ3n) is 4.74. The molecule has 0 fully saturated rings. The second-order valence-corrected chi connectivity index (χ2v) is 6.72. The van der Waals surface area contributed by atoms with Gasteiger partial charge in [-0.2, -0.15) is 0 Å². The predicted octanol–water partition coefficient (Wildman–Crippen LogP) is 3.04. The summed E-state index contributed by atoms with van der Waals surface area (Å²) in [4.78, 5) is 8.14. The summed E-state index contributed by atoms with van der Waals surface area (Å²) in [5.41, 5.74) is 8.20. The minimum atomic E-state index is -0.669. The van der Waals surface area contributed by atoms with Crippen molar-refractivity contribution in [2.45, 2.75) is 18.9 Å². The first-order valence-electron chi connectivity index (χ1n) is 8.64. The molecule has 2 aromatic carbocycles. The van der Waals surface area contributed by atoms with Gasteiger partial charge in [0, 0.05) is 17.7 Å². The van der Waals surface area contributed by atoms with Crippen LogP contribution in [0.15, 0.2) is 42.7 Å². The predicted molar refractivity (Wildman–Crippen MR) is 102 cm³/mol. The second-order valence-electron chi connectivity index (χ2n) is 6.72. The van der Waals surface area contributed by atoms with Crippen LogP contribution >= 0.6 is 0 Å². The fourth-order valence-corrected chi connectivity index (χ4v) is 3.50. The number of fused-ring (bicyclic) bond motifs is 1. The number of nitrogens with one attached hydrogen (secondary N) is 2. The van der Waals surface area contributed by atoms with Gasteiger partial charge in [0.2, 0.25) is 0 Å². The van der Waals surface area contributed by atoms with E-state index in [1.165, 1.54) is 24.5 Å². The Morgan fingerprint density at radius 2 is 1.86 bits per heavy atom. The minimum absolute atomic E-state index is 0.0569. The number of nitrogen functional groups attached to an aromatic ring is 1. The number of anilines is 2. The molecule has 0 aliphatic heterocycles.